The lowest BCUT2D eigenvalue weighted by Gasteiger charge is -2.24. The van der Waals surface area contributed by atoms with Gasteiger partial charge in [0.15, 0.2) is 6.23 Å². The summed E-state index contributed by atoms with van der Waals surface area (Å²) in [6.07, 6.45) is 2.05. The van der Waals surface area contributed by atoms with Crippen LogP contribution >= 0.6 is 11.6 Å². The summed E-state index contributed by atoms with van der Waals surface area (Å²) in [6.45, 7) is 0. The summed E-state index contributed by atoms with van der Waals surface area (Å²) in [5.41, 5.74) is 1.31. The fourth-order valence-electron chi connectivity index (χ4n) is 2.97. The first-order chi connectivity index (χ1) is 10.0. The molecular formula is C15H15ClFNO3. The van der Waals surface area contributed by atoms with Crippen molar-refractivity contribution in [2.45, 2.75) is 31.9 Å². The first-order valence-corrected chi connectivity index (χ1v) is 7.19. The fourth-order valence-corrected chi connectivity index (χ4v) is 3.20. The molecular weight excluding hydrogens is 297 g/mol. The molecule has 0 saturated carbocycles. The standard InChI is InChI=1S/C15H15ClFNO3/c1-21-13-7-12(11(17)6-10(13)16)18-14(19)8-4-2-3-5-9(8)15(18)20/h6-7,14,19H,2-5H2,1H3. The molecule has 0 fully saturated rings. The Hall–Kier alpha value is -1.59. The summed E-state index contributed by atoms with van der Waals surface area (Å²) in [4.78, 5) is 13.5. The molecule has 0 bridgehead atoms. The van der Waals surface area contributed by atoms with Crippen LogP contribution in [0.15, 0.2) is 23.3 Å². The van der Waals surface area contributed by atoms with Crippen LogP contribution in [0.4, 0.5) is 10.1 Å². The van der Waals surface area contributed by atoms with Gasteiger partial charge in [-0.25, -0.2) is 4.39 Å². The number of carbonyl (C=O) groups is 1. The Morgan fingerprint density at radius 2 is 2.10 bits per heavy atom. The molecule has 6 heteroatoms. The Balaban J connectivity index is 2.04. The highest BCUT2D eigenvalue weighted by Gasteiger charge is 2.40. The van der Waals surface area contributed by atoms with Crippen molar-refractivity contribution in [3.05, 3.63) is 34.1 Å². The number of hydrogen-bond donors (Lipinski definition) is 1. The van der Waals surface area contributed by atoms with Crippen molar-refractivity contribution in [3.63, 3.8) is 0 Å². The van der Waals surface area contributed by atoms with Crippen LogP contribution in [0, 0.1) is 5.82 Å². The van der Waals surface area contributed by atoms with Gasteiger partial charge in [-0.2, -0.15) is 0 Å². The first-order valence-electron chi connectivity index (χ1n) is 6.81. The summed E-state index contributed by atoms with van der Waals surface area (Å²) < 4.78 is 19.2. The number of halogens is 2. The van der Waals surface area contributed by atoms with Crippen LogP contribution in [-0.2, 0) is 4.79 Å². The average molecular weight is 312 g/mol. The van der Waals surface area contributed by atoms with E-state index in [1.807, 2.05) is 0 Å². The maximum Gasteiger partial charge on any atom is 0.256 e. The van der Waals surface area contributed by atoms with E-state index in [0.29, 0.717) is 24.0 Å². The molecule has 1 aliphatic carbocycles. The molecule has 1 atom stereocenters. The molecule has 1 N–H and O–H groups in total. The van der Waals surface area contributed by atoms with Gasteiger partial charge in [-0.3, -0.25) is 9.69 Å². The van der Waals surface area contributed by atoms with E-state index in [4.69, 9.17) is 16.3 Å². The molecule has 0 radical (unpaired) electrons. The van der Waals surface area contributed by atoms with Crippen molar-refractivity contribution in [3.8, 4) is 5.75 Å². The molecule has 1 aliphatic heterocycles. The fraction of sp³-hybridized carbons (Fsp3) is 0.400. The topological polar surface area (TPSA) is 49.8 Å². The van der Waals surface area contributed by atoms with Crippen LogP contribution in [0.5, 0.6) is 5.75 Å². The normalized spacial score (nSPS) is 21.8. The number of nitrogens with zero attached hydrogens (tertiary/aromatic N) is 1. The SMILES string of the molecule is COc1cc(N2C(=O)C3=C(CCCC3)C2O)c(F)cc1Cl. The molecule has 1 amide bonds. The van der Waals surface area contributed by atoms with Crippen LogP contribution in [0.1, 0.15) is 25.7 Å². The van der Waals surface area contributed by atoms with E-state index in [9.17, 15) is 14.3 Å². The van der Waals surface area contributed by atoms with E-state index in [2.05, 4.69) is 0 Å². The van der Waals surface area contributed by atoms with Crippen molar-refractivity contribution in [1.29, 1.82) is 0 Å². The van der Waals surface area contributed by atoms with E-state index in [1.54, 1.807) is 0 Å². The molecule has 3 rings (SSSR count). The highest BCUT2D eigenvalue weighted by atomic mass is 35.5. The van der Waals surface area contributed by atoms with Crippen molar-refractivity contribution >= 4 is 23.2 Å². The maximum atomic E-state index is 14.2. The number of benzene rings is 1. The van der Waals surface area contributed by atoms with Crippen LogP contribution in [0.3, 0.4) is 0 Å². The lowest BCUT2D eigenvalue weighted by molar-refractivity contribution is -0.115. The lowest BCUT2D eigenvalue weighted by atomic mass is 9.93. The third-order valence-corrected chi connectivity index (χ3v) is 4.32. The molecule has 0 spiro atoms. The van der Waals surface area contributed by atoms with Gasteiger partial charge in [0.2, 0.25) is 0 Å². The molecule has 112 valence electrons. The van der Waals surface area contributed by atoms with Gasteiger partial charge in [-0.05, 0) is 37.3 Å². The van der Waals surface area contributed by atoms with Crippen LogP contribution < -0.4 is 9.64 Å². The highest BCUT2D eigenvalue weighted by molar-refractivity contribution is 6.32. The van der Waals surface area contributed by atoms with Crippen LogP contribution in [-0.4, -0.2) is 24.4 Å². The predicted molar refractivity (Wildman–Crippen MR) is 76.9 cm³/mol. The van der Waals surface area contributed by atoms with E-state index in [0.717, 1.165) is 23.8 Å². The average Bonchev–Trinajstić information content (AvgIpc) is 2.72. The number of hydrogen-bond acceptors (Lipinski definition) is 3. The predicted octanol–water partition coefficient (Wildman–Crippen LogP) is 3.02. The van der Waals surface area contributed by atoms with Gasteiger partial charge in [0.25, 0.3) is 5.91 Å². The Kier molecular flexibility index (Phi) is 3.63. The van der Waals surface area contributed by atoms with Crippen molar-refractivity contribution in [1.82, 2.24) is 0 Å². The number of aliphatic hydroxyl groups is 1. The van der Waals surface area contributed by atoms with Gasteiger partial charge in [-0.15, -0.1) is 0 Å². The maximum absolute atomic E-state index is 14.2. The van der Waals surface area contributed by atoms with E-state index in [-0.39, 0.29) is 22.4 Å². The van der Waals surface area contributed by atoms with Crippen molar-refractivity contribution < 1.29 is 19.0 Å². The molecule has 1 heterocycles. The summed E-state index contributed by atoms with van der Waals surface area (Å²) in [5, 5.41) is 10.5. The van der Waals surface area contributed by atoms with E-state index < -0.39 is 12.0 Å². The van der Waals surface area contributed by atoms with Gasteiger partial charge < -0.3 is 9.84 Å². The second kappa shape index (κ2) is 5.31. The molecule has 1 aromatic carbocycles. The Labute approximate surface area is 126 Å². The zero-order valence-electron chi connectivity index (χ0n) is 11.5. The summed E-state index contributed by atoms with van der Waals surface area (Å²) in [5.74, 6) is -0.730. The van der Waals surface area contributed by atoms with E-state index in [1.165, 1.54) is 13.2 Å². The number of rotatable bonds is 2. The summed E-state index contributed by atoms with van der Waals surface area (Å²) in [6, 6.07) is 2.43. The third kappa shape index (κ3) is 2.21. The number of amides is 1. The largest absolute Gasteiger partial charge is 0.495 e. The zero-order chi connectivity index (χ0) is 15.1. The third-order valence-electron chi connectivity index (χ3n) is 4.02. The van der Waals surface area contributed by atoms with Gasteiger partial charge in [0.1, 0.15) is 11.6 Å². The number of methoxy groups -OCH3 is 1. The summed E-state index contributed by atoms with van der Waals surface area (Å²) in [7, 11) is 1.41. The molecule has 1 unspecified atom stereocenters. The molecule has 0 saturated heterocycles. The zero-order valence-corrected chi connectivity index (χ0v) is 12.3. The number of ether oxygens (including phenoxy) is 1. The smallest absolute Gasteiger partial charge is 0.256 e. The molecule has 4 nitrogen and oxygen atoms in total. The molecule has 0 aromatic heterocycles. The van der Waals surface area contributed by atoms with E-state index >= 15 is 0 Å². The first kappa shape index (κ1) is 14.4. The van der Waals surface area contributed by atoms with Crippen molar-refractivity contribution in [2.24, 2.45) is 0 Å². The monoisotopic (exact) mass is 311 g/mol. The Bertz CT molecular complexity index is 644. The number of aliphatic hydroxyl groups excluding tert-OH is 1. The second-order valence-electron chi connectivity index (χ2n) is 5.20. The minimum Gasteiger partial charge on any atom is -0.495 e. The summed E-state index contributed by atoms with van der Waals surface area (Å²) >= 11 is 5.86. The van der Waals surface area contributed by atoms with Crippen LogP contribution in [0.25, 0.3) is 0 Å². The Morgan fingerprint density at radius 3 is 2.76 bits per heavy atom. The minimum atomic E-state index is -1.10. The highest BCUT2D eigenvalue weighted by Crippen LogP contribution is 2.41. The molecule has 1 aromatic rings. The molecule has 21 heavy (non-hydrogen) atoms. The number of carbonyl (C=O) groups excluding carboxylic acids is 1. The van der Waals surface area contributed by atoms with Gasteiger partial charge >= 0.3 is 0 Å². The van der Waals surface area contributed by atoms with Gasteiger partial charge in [-0.1, -0.05) is 11.6 Å². The quantitative estimate of drug-likeness (QED) is 0.913. The van der Waals surface area contributed by atoms with Gasteiger partial charge in [0.05, 0.1) is 17.8 Å². The number of anilines is 1. The Morgan fingerprint density at radius 1 is 1.38 bits per heavy atom. The molecule has 2 aliphatic rings. The van der Waals surface area contributed by atoms with Gasteiger partial charge in [0, 0.05) is 11.6 Å². The lowest BCUT2D eigenvalue weighted by Crippen LogP contribution is -2.36. The van der Waals surface area contributed by atoms with Crippen LogP contribution in [0.2, 0.25) is 5.02 Å². The van der Waals surface area contributed by atoms with Crippen molar-refractivity contribution in [2.75, 3.05) is 12.0 Å². The minimum absolute atomic E-state index is 0.0110. The second-order valence-corrected chi connectivity index (χ2v) is 5.61.